The number of Topliss-reactive ketones (excluding diaryl/α,β-unsaturated/α-hetero) is 1. The molecular formula is C15H18BrNO2. The maximum Gasteiger partial charge on any atom is 0.223 e. The second-order valence-electron chi connectivity index (χ2n) is 5.19. The number of carbonyl (C=O) groups excluding carboxylic acids is 2. The van der Waals surface area contributed by atoms with Gasteiger partial charge in [-0.25, -0.2) is 0 Å². The molecule has 1 amide bonds. The van der Waals surface area contributed by atoms with Gasteiger partial charge in [0, 0.05) is 16.8 Å². The molecule has 0 radical (unpaired) electrons. The Hall–Kier alpha value is -1.16. The number of ketones is 1. The van der Waals surface area contributed by atoms with Crippen molar-refractivity contribution in [1.82, 2.24) is 5.32 Å². The van der Waals surface area contributed by atoms with Crippen molar-refractivity contribution in [2.24, 2.45) is 11.8 Å². The van der Waals surface area contributed by atoms with Crippen LogP contribution in [-0.4, -0.2) is 18.2 Å². The highest BCUT2D eigenvalue weighted by Gasteiger charge is 2.32. The molecular weight excluding hydrogens is 306 g/mol. The average molecular weight is 324 g/mol. The van der Waals surface area contributed by atoms with Crippen LogP contribution in [0.2, 0.25) is 0 Å². The second-order valence-corrected chi connectivity index (χ2v) is 6.10. The smallest absolute Gasteiger partial charge is 0.223 e. The number of carbonyl (C=O) groups is 2. The Morgan fingerprint density at radius 2 is 1.95 bits per heavy atom. The first-order valence-electron chi connectivity index (χ1n) is 6.60. The lowest BCUT2D eigenvalue weighted by Crippen LogP contribution is -2.34. The minimum Gasteiger partial charge on any atom is -0.349 e. The van der Waals surface area contributed by atoms with Crippen LogP contribution in [0, 0.1) is 11.8 Å². The van der Waals surface area contributed by atoms with E-state index < -0.39 is 0 Å². The predicted molar refractivity (Wildman–Crippen MR) is 77.8 cm³/mol. The minimum absolute atomic E-state index is 0.00616. The summed E-state index contributed by atoms with van der Waals surface area (Å²) < 4.78 is 0.996. The van der Waals surface area contributed by atoms with Crippen LogP contribution in [0.3, 0.4) is 0 Å². The molecule has 0 unspecified atom stereocenters. The first-order chi connectivity index (χ1) is 9.06. The summed E-state index contributed by atoms with van der Waals surface area (Å²) in [5.41, 5.74) is 0.970. The quantitative estimate of drug-likeness (QED) is 0.874. The highest BCUT2D eigenvalue weighted by molar-refractivity contribution is 9.10. The molecule has 1 aliphatic carbocycles. The zero-order valence-corrected chi connectivity index (χ0v) is 12.6. The summed E-state index contributed by atoms with van der Waals surface area (Å²) in [5, 5.41) is 2.74. The molecule has 1 atom stereocenters. The molecule has 2 rings (SSSR count). The molecule has 1 aromatic carbocycles. The monoisotopic (exact) mass is 323 g/mol. The summed E-state index contributed by atoms with van der Waals surface area (Å²) in [6, 6.07) is 7.65. The van der Waals surface area contributed by atoms with Crippen LogP contribution in [0.1, 0.15) is 25.3 Å². The third kappa shape index (κ3) is 4.46. The molecule has 0 heterocycles. The Balaban J connectivity index is 1.75. The first kappa shape index (κ1) is 14.3. The van der Waals surface area contributed by atoms with Gasteiger partial charge in [-0.3, -0.25) is 9.59 Å². The van der Waals surface area contributed by atoms with E-state index in [9.17, 15) is 9.59 Å². The fourth-order valence-electron chi connectivity index (χ4n) is 2.05. The SMILES string of the molecule is C[C@@H](C(=O)NCC(=O)Cc1ccc(Br)cc1)C1CC1. The minimum atomic E-state index is 0.00616. The topological polar surface area (TPSA) is 46.2 Å². The van der Waals surface area contributed by atoms with Gasteiger partial charge in [0.1, 0.15) is 0 Å². The van der Waals surface area contributed by atoms with Gasteiger partial charge >= 0.3 is 0 Å². The first-order valence-corrected chi connectivity index (χ1v) is 7.39. The van der Waals surface area contributed by atoms with Crippen molar-refractivity contribution in [3.8, 4) is 0 Å². The van der Waals surface area contributed by atoms with Crippen LogP contribution in [0.25, 0.3) is 0 Å². The van der Waals surface area contributed by atoms with Crippen molar-refractivity contribution < 1.29 is 9.59 Å². The molecule has 0 aliphatic heterocycles. The van der Waals surface area contributed by atoms with E-state index in [1.54, 1.807) is 0 Å². The van der Waals surface area contributed by atoms with Gasteiger partial charge in [0.2, 0.25) is 5.91 Å². The molecule has 102 valence electrons. The Bertz CT molecular complexity index is 466. The van der Waals surface area contributed by atoms with Crippen LogP contribution in [-0.2, 0) is 16.0 Å². The third-order valence-electron chi connectivity index (χ3n) is 3.52. The number of halogens is 1. The zero-order chi connectivity index (χ0) is 13.8. The molecule has 1 aromatic rings. The Labute approximate surface area is 121 Å². The van der Waals surface area contributed by atoms with E-state index in [0.717, 1.165) is 22.9 Å². The summed E-state index contributed by atoms with van der Waals surface area (Å²) in [5.74, 6) is 0.618. The van der Waals surface area contributed by atoms with Crippen molar-refractivity contribution in [1.29, 1.82) is 0 Å². The molecule has 4 heteroatoms. The molecule has 19 heavy (non-hydrogen) atoms. The van der Waals surface area contributed by atoms with E-state index in [1.165, 1.54) is 0 Å². The number of nitrogens with one attached hydrogen (secondary N) is 1. The van der Waals surface area contributed by atoms with E-state index in [4.69, 9.17) is 0 Å². The van der Waals surface area contributed by atoms with Gasteiger partial charge in [0.15, 0.2) is 5.78 Å². The van der Waals surface area contributed by atoms with Crippen molar-refractivity contribution in [2.45, 2.75) is 26.2 Å². The van der Waals surface area contributed by atoms with Crippen LogP contribution in [0.15, 0.2) is 28.7 Å². The summed E-state index contributed by atoms with van der Waals surface area (Å²) in [7, 11) is 0. The summed E-state index contributed by atoms with van der Waals surface area (Å²) in [4.78, 5) is 23.5. The van der Waals surface area contributed by atoms with E-state index in [-0.39, 0.29) is 24.2 Å². The van der Waals surface area contributed by atoms with Gasteiger partial charge in [0.05, 0.1) is 6.54 Å². The maximum atomic E-state index is 11.8. The van der Waals surface area contributed by atoms with Crippen molar-refractivity contribution in [2.75, 3.05) is 6.54 Å². The summed E-state index contributed by atoms with van der Waals surface area (Å²) >= 11 is 3.35. The summed E-state index contributed by atoms with van der Waals surface area (Å²) in [6.45, 7) is 2.07. The van der Waals surface area contributed by atoms with E-state index in [0.29, 0.717) is 12.3 Å². The second kappa shape index (κ2) is 6.33. The Kier molecular flexibility index (Phi) is 4.75. The highest BCUT2D eigenvalue weighted by atomic mass is 79.9. The fourth-order valence-corrected chi connectivity index (χ4v) is 2.31. The molecule has 0 spiro atoms. The number of rotatable bonds is 6. The van der Waals surface area contributed by atoms with Crippen molar-refractivity contribution in [3.63, 3.8) is 0 Å². The van der Waals surface area contributed by atoms with Gasteiger partial charge in [0.25, 0.3) is 0 Å². The standard InChI is InChI=1S/C15H18BrNO2/c1-10(12-4-5-12)15(19)17-9-14(18)8-11-2-6-13(16)7-3-11/h2-3,6-7,10,12H,4-5,8-9H2,1H3,(H,17,19)/t10-/m1/s1. The largest absolute Gasteiger partial charge is 0.349 e. The van der Waals surface area contributed by atoms with E-state index in [2.05, 4.69) is 21.2 Å². The highest BCUT2D eigenvalue weighted by Crippen LogP contribution is 2.36. The van der Waals surface area contributed by atoms with Crippen LogP contribution < -0.4 is 5.32 Å². The molecule has 3 nitrogen and oxygen atoms in total. The lowest BCUT2D eigenvalue weighted by atomic mass is 10.1. The lowest BCUT2D eigenvalue weighted by Gasteiger charge is -2.10. The van der Waals surface area contributed by atoms with Gasteiger partial charge in [-0.15, -0.1) is 0 Å². The fraction of sp³-hybridized carbons (Fsp3) is 0.467. The normalized spacial score (nSPS) is 15.9. The molecule has 0 bridgehead atoms. The molecule has 1 aliphatic rings. The van der Waals surface area contributed by atoms with Gasteiger partial charge in [-0.2, -0.15) is 0 Å². The van der Waals surface area contributed by atoms with E-state index in [1.807, 2.05) is 31.2 Å². The Morgan fingerprint density at radius 1 is 1.32 bits per heavy atom. The summed E-state index contributed by atoms with van der Waals surface area (Å²) in [6.07, 6.45) is 2.65. The molecule has 0 saturated heterocycles. The van der Waals surface area contributed by atoms with Gasteiger partial charge < -0.3 is 5.32 Å². The number of benzene rings is 1. The van der Waals surface area contributed by atoms with Crippen LogP contribution in [0.4, 0.5) is 0 Å². The van der Waals surface area contributed by atoms with E-state index >= 15 is 0 Å². The number of hydrogen-bond acceptors (Lipinski definition) is 2. The molecule has 1 N–H and O–H groups in total. The van der Waals surface area contributed by atoms with Crippen LogP contribution >= 0.6 is 15.9 Å². The van der Waals surface area contributed by atoms with Gasteiger partial charge in [-0.05, 0) is 36.5 Å². The maximum absolute atomic E-state index is 11.8. The molecule has 1 saturated carbocycles. The van der Waals surface area contributed by atoms with Gasteiger partial charge in [-0.1, -0.05) is 35.0 Å². The number of amides is 1. The third-order valence-corrected chi connectivity index (χ3v) is 4.05. The molecule has 0 aromatic heterocycles. The molecule has 1 fully saturated rings. The number of hydrogen-bond donors (Lipinski definition) is 1. The average Bonchev–Trinajstić information content (AvgIpc) is 3.22. The zero-order valence-electron chi connectivity index (χ0n) is 11.0. The van der Waals surface area contributed by atoms with Crippen molar-refractivity contribution >= 4 is 27.6 Å². The van der Waals surface area contributed by atoms with Crippen molar-refractivity contribution in [3.05, 3.63) is 34.3 Å². The van der Waals surface area contributed by atoms with Crippen LogP contribution in [0.5, 0.6) is 0 Å². The lowest BCUT2D eigenvalue weighted by molar-refractivity contribution is -0.127. The Morgan fingerprint density at radius 3 is 2.53 bits per heavy atom. The predicted octanol–water partition coefficient (Wildman–Crippen LogP) is 2.72.